The third-order valence-corrected chi connectivity index (χ3v) is 3.66. The van der Waals surface area contributed by atoms with E-state index in [4.69, 9.17) is 9.84 Å². The monoisotopic (exact) mass is 286 g/mol. The number of carbonyl (C=O) groups is 1. The van der Waals surface area contributed by atoms with Crippen molar-refractivity contribution < 1.29 is 28.5 Å². The van der Waals surface area contributed by atoms with Crippen LogP contribution in [0.1, 0.15) is 25.7 Å². The maximum Gasteiger partial charge on any atom is 0.306 e. The number of halogens is 2. The van der Waals surface area contributed by atoms with Crippen molar-refractivity contribution in [3.05, 3.63) is 29.8 Å². The number of ether oxygens (including phenoxy) is 1. The van der Waals surface area contributed by atoms with Crippen molar-refractivity contribution in [3.63, 3.8) is 0 Å². The molecule has 0 unspecified atom stereocenters. The van der Waals surface area contributed by atoms with E-state index in [0.29, 0.717) is 18.9 Å². The molecule has 0 atom stereocenters. The minimum atomic E-state index is -1.16. The lowest BCUT2D eigenvalue weighted by Gasteiger charge is -2.34. The first-order valence-electron chi connectivity index (χ1n) is 6.43. The van der Waals surface area contributed by atoms with Crippen LogP contribution in [-0.4, -0.2) is 28.4 Å². The second-order valence-electron chi connectivity index (χ2n) is 5.20. The van der Waals surface area contributed by atoms with E-state index in [1.165, 1.54) is 0 Å². The second kappa shape index (κ2) is 5.75. The zero-order valence-electron chi connectivity index (χ0n) is 10.8. The molecule has 6 heteroatoms. The van der Waals surface area contributed by atoms with Gasteiger partial charge in [-0.05, 0) is 37.8 Å². The predicted octanol–water partition coefficient (Wildman–Crippen LogP) is 2.35. The number of hydrogen-bond donors (Lipinski definition) is 2. The van der Waals surface area contributed by atoms with Gasteiger partial charge in [-0.1, -0.05) is 0 Å². The van der Waals surface area contributed by atoms with Gasteiger partial charge in [0.2, 0.25) is 0 Å². The highest BCUT2D eigenvalue weighted by Gasteiger charge is 2.36. The van der Waals surface area contributed by atoms with Gasteiger partial charge in [-0.2, -0.15) is 0 Å². The topological polar surface area (TPSA) is 66.8 Å². The van der Waals surface area contributed by atoms with Crippen LogP contribution in [0.15, 0.2) is 18.2 Å². The summed E-state index contributed by atoms with van der Waals surface area (Å²) in [5.74, 6) is -2.96. The van der Waals surface area contributed by atoms with Gasteiger partial charge in [0, 0.05) is 6.07 Å². The Labute approximate surface area is 115 Å². The quantitative estimate of drug-likeness (QED) is 0.891. The molecule has 0 bridgehead atoms. The Morgan fingerprint density at radius 3 is 2.55 bits per heavy atom. The van der Waals surface area contributed by atoms with E-state index in [0.717, 1.165) is 12.1 Å². The van der Waals surface area contributed by atoms with Gasteiger partial charge in [0.1, 0.15) is 12.4 Å². The van der Waals surface area contributed by atoms with Crippen LogP contribution in [0.5, 0.6) is 5.75 Å². The molecular weight excluding hydrogens is 270 g/mol. The summed E-state index contributed by atoms with van der Waals surface area (Å²) < 4.78 is 31.3. The minimum Gasteiger partial charge on any atom is -0.488 e. The second-order valence-corrected chi connectivity index (χ2v) is 5.20. The van der Waals surface area contributed by atoms with Gasteiger partial charge in [0.05, 0.1) is 11.5 Å². The summed E-state index contributed by atoms with van der Waals surface area (Å²) in [4.78, 5) is 10.8. The van der Waals surface area contributed by atoms with Crippen LogP contribution < -0.4 is 4.74 Å². The molecule has 1 aromatic carbocycles. The Morgan fingerprint density at radius 1 is 1.35 bits per heavy atom. The van der Waals surface area contributed by atoms with Gasteiger partial charge in [-0.3, -0.25) is 4.79 Å². The lowest BCUT2D eigenvalue weighted by Crippen LogP contribution is -2.41. The standard InChI is InChI=1S/C14H16F2O4/c15-10-1-2-12(11(16)7-10)20-8-14(19)5-3-9(4-6-14)13(17)18/h1-2,7,9,19H,3-6,8H2,(H,17,18). The summed E-state index contributed by atoms with van der Waals surface area (Å²) in [5, 5.41) is 19.1. The lowest BCUT2D eigenvalue weighted by molar-refractivity contribution is -0.145. The smallest absolute Gasteiger partial charge is 0.306 e. The first-order chi connectivity index (χ1) is 9.39. The zero-order chi connectivity index (χ0) is 14.8. The van der Waals surface area contributed by atoms with Crippen LogP contribution in [0.3, 0.4) is 0 Å². The van der Waals surface area contributed by atoms with Crippen molar-refractivity contribution in [2.75, 3.05) is 6.61 Å². The highest BCUT2D eigenvalue weighted by atomic mass is 19.1. The first-order valence-corrected chi connectivity index (χ1v) is 6.43. The van der Waals surface area contributed by atoms with Crippen LogP contribution in [0.2, 0.25) is 0 Å². The number of rotatable bonds is 4. The molecule has 0 amide bonds. The first kappa shape index (κ1) is 14.7. The van der Waals surface area contributed by atoms with Crippen molar-refractivity contribution in [2.24, 2.45) is 5.92 Å². The van der Waals surface area contributed by atoms with Crippen LogP contribution in [0, 0.1) is 17.6 Å². The Kier molecular flexibility index (Phi) is 4.23. The van der Waals surface area contributed by atoms with E-state index < -0.39 is 29.1 Å². The van der Waals surface area contributed by atoms with E-state index in [2.05, 4.69) is 0 Å². The third kappa shape index (κ3) is 3.45. The molecule has 2 rings (SSSR count). The van der Waals surface area contributed by atoms with Crippen molar-refractivity contribution in [3.8, 4) is 5.75 Å². The van der Waals surface area contributed by atoms with E-state index in [1.807, 2.05) is 0 Å². The molecule has 1 aliphatic carbocycles. The van der Waals surface area contributed by atoms with Crippen LogP contribution in [-0.2, 0) is 4.79 Å². The summed E-state index contributed by atoms with van der Waals surface area (Å²) in [7, 11) is 0. The molecule has 1 aliphatic rings. The highest BCUT2D eigenvalue weighted by molar-refractivity contribution is 5.70. The number of benzene rings is 1. The van der Waals surface area contributed by atoms with Crippen LogP contribution >= 0.6 is 0 Å². The molecule has 1 fully saturated rings. The molecule has 0 spiro atoms. The number of aliphatic hydroxyl groups is 1. The van der Waals surface area contributed by atoms with Crippen molar-refractivity contribution >= 4 is 5.97 Å². The summed E-state index contributed by atoms with van der Waals surface area (Å²) in [5.41, 5.74) is -1.16. The molecule has 1 aromatic rings. The molecule has 0 aliphatic heterocycles. The summed E-state index contributed by atoms with van der Waals surface area (Å²) in [6.07, 6.45) is 1.29. The Balaban J connectivity index is 1.92. The summed E-state index contributed by atoms with van der Waals surface area (Å²) in [6, 6.07) is 2.95. The van der Waals surface area contributed by atoms with Gasteiger partial charge in [0.15, 0.2) is 11.6 Å². The molecular formula is C14H16F2O4. The van der Waals surface area contributed by atoms with E-state index in [9.17, 15) is 18.7 Å². The lowest BCUT2D eigenvalue weighted by atomic mass is 9.79. The van der Waals surface area contributed by atoms with Crippen LogP contribution in [0.25, 0.3) is 0 Å². The fourth-order valence-electron chi connectivity index (χ4n) is 2.35. The van der Waals surface area contributed by atoms with E-state index in [1.54, 1.807) is 0 Å². The van der Waals surface area contributed by atoms with Gasteiger partial charge in [-0.15, -0.1) is 0 Å². The number of carboxylic acids is 1. The predicted molar refractivity (Wildman–Crippen MR) is 66.4 cm³/mol. The summed E-state index contributed by atoms with van der Waals surface area (Å²) in [6.45, 7) is -0.137. The fourth-order valence-corrected chi connectivity index (χ4v) is 2.35. The van der Waals surface area contributed by atoms with Crippen molar-refractivity contribution in [1.29, 1.82) is 0 Å². The Morgan fingerprint density at radius 2 is 2.00 bits per heavy atom. The molecule has 0 saturated heterocycles. The Hall–Kier alpha value is -1.69. The zero-order valence-corrected chi connectivity index (χ0v) is 10.8. The van der Waals surface area contributed by atoms with Crippen molar-refractivity contribution in [1.82, 2.24) is 0 Å². The van der Waals surface area contributed by atoms with E-state index in [-0.39, 0.29) is 25.2 Å². The largest absolute Gasteiger partial charge is 0.488 e. The molecule has 4 nitrogen and oxygen atoms in total. The van der Waals surface area contributed by atoms with Crippen LogP contribution in [0.4, 0.5) is 8.78 Å². The van der Waals surface area contributed by atoms with Gasteiger partial charge in [0.25, 0.3) is 0 Å². The Bertz CT molecular complexity index is 496. The minimum absolute atomic E-state index is 0.125. The number of aliphatic carboxylic acids is 1. The normalized spacial score (nSPS) is 26.2. The van der Waals surface area contributed by atoms with E-state index >= 15 is 0 Å². The highest BCUT2D eigenvalue weighted by Crippen LogP contribution is 2.33. The molecule has 0 radical (unpaired) electrons. The van der Waals surface area contributed by atoms with Gasteiger partial charge in [-0.25, -0.2) is 8.78 Å². The molecule has 20 heavy (non-hydrogen) atoms. The van der Waals surface area contributed by atoms with Gasteiger partial charge >= 0.3 is 5.97 Å². The van der Waals surface area contributed by atoms with Gasteiger partial charge < -0.3 is 14.9 Å². The molecule has 2 N–H and O–H groups in total. The number of carboxylic acid groups (broad SMARTS) is 1. The summed E-state index contributed by atoms with van der Waals surface area (Å²) >= 11 is 0. The molecule has 1 saturated carbocycles. The molecule has 110 valence electrons. The maximum atomic E-state index is 13.4. The molecule has 0 heterocycles. The third-order valence-electron chi connectivity index (χ3n) is 3.66. The maximum absolute atomic E-state index is 13.4. The number of hydrogen-bond acceptors (Lipinski definition) is 3. The van der Waals surface area contributed by atoms with Crippen molar-refractivity contribution in [2.45, 2.75) is 31.3 Å². The SMILES string of the molecule is O=C(O)C1CCC(O)(COc2ccc(F)cc2F)CC1. The average molecular weight is 286 g/mol. The fraction of sp³-hybridized carbons (Fsp3) is 0.500. The average Bonchev–Trinajstić information content (AvgIpc) is 2.38. The molecule has 0 aromatic heterocycles.